The van der Waals surface area contributed by atoms with Crippen molar-refractivity contribution in [2.24, 2.45) is 0 Å². The second kappa shape index (κ2) is 8.92. The fraction of sp³-hybridized carbons (Fsp3) is 0.700. The first-order valence-electron chi connectivity index (χ1n) is 10.4. The number of carbonyl (C=O) groups excluding carboxylic acids is 1. The molecule has 1 amide bonds. The molecule has 1 aliphatic heterocycles. The molecule has 1 saturated heterocycles. The third kappa shape index (κ3) is 5.79. The third-order valence-electron chi connectivity index (χ3n) is 4.85. The van der Waals surface area contributed by atoms with E-state index in [4.69, 9.17) is 14.5 Å². The van der Waals surface area contributed by atoms with E-state index in [1.54, 1.807) is 11.1 Å². The van der Waals surface area contributed by atoms with Gasteiger partial charge in [0.25, 0.3) is 0 Å². The van der Waals surface area contributed by atoms with Crippen molar-refractivity contribution in [3.63, 3.8) is 0 Å². The number of amides is 1. The Morgan fingerprint density at radius 1 is 1.30 bits per heavy atom. The molecule has 2 aromatic heterocycles. The lowest BCUT2D eigenvalue weighted by Gasteiger charge is -2.28. The van der Waals surface area contributed by atoms with Crippen LogP contribution in [0.5, 0.6) is 0 Å². The summed E-state index contributed by atoms with van der Waals surface area (Å²) in [5.41, 5.74) is 0.666. The average Bonchev–Trinajstić information content (AvgIpc) is 3.20. The lowest BCUT2D eigenvalue weighted by molar-refractivity contribution is 0.0205. The fourth-order valence-corrected chi connectivity index (χ4v) is 4.41. The maximum absolute atomic E-state index is 12.8. The molecule has 10 heteroatoms. The second-order valence-corrected chi connectivity index (χ2v) is 16.4. The number of rotatable bonds is 6. The van der Waals surface area contributed by atoms with Crippen LogP contribution in [-0.2, 0) is 16.2 Å². The quantitative estimate of drug-likeness (QED) is 0.413. The average molecular weight is 498 g/mol. The van der Waals surface area contributed by atoms with Crippen molar-refractivity contribution >= 4 is 41.4 Å². The van der Waals surface area contributed by atoms with Crippen LogP contribution in [0, 0.1) is 0 Å². The minimum absolute atomic E-state index is 0.185. The Labute approximate surface area is 187 Å². The molecule has 0 saturated carbocycles. The molecule has 3 rings (SSSR count). The lowest BCUT2D eigenvalue weighted by Crippen LogP contribution is -2.37. The highest BCUT2D eigenvalue weighted by molar-refractivity contribution is 9.10. The maximum Gasteiger partial charge on any atom is 0.410 e. The Morgan fingerprint density at radius 2 is 2.03 bits per heavy atom. The van der Waals surface area contributed by atoms with Gasteiger partial charge in [0, 0.05) is 21.2 Å². The first-order chi connectivity index (χ1) is 13.9. The molecule has 1 unspecified atom stereocenters. The Bertz CT molecular complexity index is 906. The van der Waals surface area contributed by atoms with Crippen LogP contribution in [0.2, 0.25) is 25.7 Å². The largest absolute Gasteiger partial charge is 0.444 e. The zero-order chi connectivity index (χ0) is 22.1. The van der Waals surface area contributed by atoms with Gasteiger partial charge in [-0.3, -0.25) is 9.47 Å². The molecular weight excluding hydrogens is 466 g/mol. The van der Waals surface area contributed by atoms with Crippen molar-refractivity contribution in [1.29, 1.82) is 0 Å². The van der Waals surface area contributed by atoms with Gasteiger partial charge in [0.05, 0.1) is 12.2 Å². The first-order valence-corrected chi connectivity index (χ1v) is 14.9. The molecule has 0 aromatic carbocycles. The van der Waals surface area contributed by atoms with Gasteiger partial charge in [-0.15, -0.1) is 0 Å². The van der Waals surface area contributed by atoms with Crippen LogP contribution in [-0.4, -0.2) is 57.3 Å². The number of halogens is 1. The highest BCUT2D eigenvalue weighted by Crippen LogP contribution is 2.34. The summed E-state index contributed by atoms with van der Waals surface area (Å²) < 4.78 is 14.2. The topological polar surface area (TPSA) is 82.4 Å². The Morgan fingerprint density at radius 3 is 2.70 bits per heavy atom. The van der Waals surface area contributed by atoms with E-state index >= 15 is 0 Å². The predicted molar refractivity (Wildman–Crippen MR) is 122 cm³/mol. The Kier molecular flexibility index (Phi) is 6.88. The van der Waals surface area contributed by atoms with Gasteiger partial charge in [0.1, 0.15) is 22.8 Å². The minimum atomic E-state index is -1.18. The SMILES string of the molecule is CC(C)(C)OC(=O)N1CCCC1c1nc2ncc(Br)nc2n1COCC[Si](C)(C)C. The normalized spacial score (nSPS) is 17.7. The van der Waals surface area contributed by atoms with Crippen molar-refractivity contribution in [2.45, 2.75) is 77.7 Å². The van der Waals surface area contributed by atoms with E-state index in [9.17, 15) is 4.79 Å². The van der Waals surface area contributed by atoms with Crippen molar-refractivity contribution in [3.05, 3.63) is 16.6 Å². The molecule has 0 bridgehead atoms. The lowest BCUT2D eigenvalue weighted by atomic mass is 10.2. The molecule has 1 atom stereocenters. The number of nitrogens with zero attached hydrogens (tertiary/aromatic N) is 5. The van der Waals surface area contributed by atoms with Crippen molar-refractivity contribution in [3.8, 4) is 0 Å². The van der Waals surface area contributed by atoms with E-state index in [-0.39, 0.29) is 12.1 Å². The standard InChI is InChI=1S/C20H32BrN5O3Si/c1-20(2,3)29-19(27)25-9-7-8-14(25)17-24-16-18(23-15(21)12-22-16)26(17)13-28-10-11-30(4,5)6/h12,14H,7-11,13H2,1-6H3. The van der Waals surface area contributed by atoms with Crippen LogP contribution in [0.25, 0.3) is 11.3 Å². The molecule has 2 aromatic rings. The van der Waals surface area contributed by atoms with Crippen molar-refractivity contribution < 1.29 is 14.3 Å². The number of fused-ring (bicyclic) bond motifs is 1. The molecule has 1 fully saturated rings. The van der Waals surface area contributed by atoms with Gasteiger partial charge >= 0.3 is 6.09 Å². The van der Waals surface area contributed by atoms with Crippen LogP contribution < -0.4 is 0 Å². The number of imidazole rings is 1. The van der Waals surface area contributed by atoms with Crippen LogP contribution in [0.1, 0.15) is 45.5 Å². The van der Waals surface area contributed by atoms with Gasteiger partial charge in [-0.1, -0.05) is 19.6 Å². The predicted octanol–water partition coefficient (Wildman–Crippen LogP) is 4.97. The molecule has 8 nitrogen and oxygen atoms in total. The van der Waals surface area contributed by atoms with Crippen LogP contribution >= 0.6 is 15.9 Å². The first kappa shape index (κ1) is 23.1. The monoisotopic (exact) mass is 497 g/mol. The van der Waals surface area contributed by atoms with E-state index in [1.165, 1.54) is 0 Å². The molecule has 0 aliphatic carbocycles. The van der Waals surface area contributed by atoms with Gasteiger partial charge < -0.3 is 9.47 Å². The number of ether oxygens (including phenoxy) is 2. The van der Waals surface area contributed by atoms with Crippen LogP contribution in [0.3, 0.4) is 0 Å². The van der Waals surface area contributed by atoms with Crippen LogP contribution in [0.15, 0.2) is 10.8 Å². The van der Waals surface area contributed by atoms with E-state index in [0.29, 0.717) is 35.8 Å². The van der Waals surface area contributed by atoms with E-state index in [2.05, 4.69) is 45.5 Å². The maximum atomic E-state index is 12.8. The van der Waals surface area contributed by atoms with Gasteiger partial charge in [-0.25, -0.2) is 19.7 Å². The molecular formula is C20H32BrN5O3Si. The number of aromatic nitrogens is 4. The molecule has 3 heterocycles. The van der Waals surface area contributed by atoms with Crippen molar-refractivity contribution in [2.75, 3.05) is 13.2 Å². The van der Waals surface area contributed by atoms with E-state index in [0.717, 1.165) is 24.7 Å². The summed E-state index contributed by atoms with van der Waals surface area (Å²) in [6.45, 7) is 14.3. The molecule has 0 spiro atoms. The molecule has 166 valence electrons. The summed E-state index contributed by atoms with van der Waals surface area (Å²) in [4.78, 5) is 28.3. The minimum Gasteiger partial charge on any atom is -0.444 e. The number of hydrogen-bond donors (Lipinski definition) is 0. The zero-order valence-corrected chi connectivity index (χ0v) is 21.3. The third-order valence-corrected chi connectivity index (χ3v) is 6.94. The fourth-order valence-electron chi connectivity index (χ4n) is 3.38. The highest BCUT2D eigenvalue weighted by Gasteiger charge is 2.36. The van der Waals surface area contributed by atoms with E-state index in [1.807, 2.05) is 25.3 Å². The van der Waals surface area contributed by atoms with Gasteiger partial charge in [-0.05, 0) is 55.6 Å². The zero-order valence-electron chi connectivity index (χ0n) is 18.7. The summed E-state index contributed by atoms with van der Waals surface area (Å²) in [5, 5.41) is 0. The molecule has 0 N–H and O–H groups in total. The summed E-state index contributed by atoms with van der Waals surface area (Å²) in [6, 6.07) is 0.896. The smallest absolute Gasteiger partial charge is 0.410 e. The molecule has 1 aliphatic rings. The summed E-state index contributed by atoms with van der Waals surface area (Å²) in [5.74, 6) is 0.750. The van der Waals surface area contributed by atoms with Gasteiger partial charge in [0.15, 0.2) is 11.3 Å². The molecule has 0 radical (unpaired) electrons. The Hall–Kier alpha value is -1.52. The second-order valence-electron chi connectivity index (χ2n) is 9.92. The van der Waals surface area contributed by atoms with Crippen LogP contribution in [0.4, 0.5) is 4.79 Å². The number of carbonyl (C=O) groups is 1. The summed E-state index contributed by atoms with van der Waals surface area (Å²) in [7, 11) is -1.18. The Balaban J connectivity index is 1.89. The summed E-state index contributed by atoms with van der Waals surface area (Å²) in [6.07, 6.45) is 3.04. The number of hydrogen-bond acceptors (Lipinski definition) is 6. The van der Waals surface area contributed by atoms with Gasteiger partial charge in [0.2, 0.25) is 0 Å². The van der Waals surface area contributed by atoms with E-state index < -0.39 is 13.7 Å². The number of likely N-dealkylation sites (tertiary alicyclic amines) is 1. The highest BCUT2D eigenvalue weighted by atomic mass is 79.9. The molecule has 30 heavy (non-hydrogen) atoms. The van der Waals surface area contributed by atoms with Gasteiger partial charge in [-0.2, -0.15) is 0 Å². The van der Waals surface area contributed by atoms with Crippen molar-refractivity contribution in [1.82, 2.24) is 24.4 Å². The summed E-state index contributed by atoms with van der Waals surface area (Å²) >= 11 is 3.40.